The summed E-state index contributed by atoms with van der Waals surface area (Å²) in [7, 11) is 0. The van der Waals surface area contributed by atoms with Crippen molar-refractivity contribution in [3.63, 3.8) is 0 Å². The highest BCUT2D eigenvalue weighted by Crippen LogP contribution is 2.39. The van der Waals surface area contributed by atoms with Crippen LogP contribution in [0.2, 0.25) is 0 Å². The second-order valence-electron chi connectivity index (χ2n) is 11.3. The summed E-state index contributed by atoms with van der Waals surface area (Å²) >= 11 is 0. The summed E-state index contributed by atoms with van der Waals surface area (Å²) in [6.07, 6.45) is 2.51. The first kappa shape index (κ1) is 24.2. The van der Waals surface area contributed by atoms with Gasteiger partial charge in [-0.2, -0.15) is 0 Å². The minimum atomic E-state index is -0.458. The maximum Gasteiger partial charge on any atom is 0.410 e. The number of benzene rings is 1. The van der Waals surface area contributed by atoms with Crippen molar-refractivity contribution in [3.8, 4) is 5.75 Å². The number of aromatic nitrogens is 2. The third-order valence-corrected chi connectivity index (χ3v) is 7.58. The van der Waals surface area contributed by atoms with Gasteiger partial charge in [0.1, 0.15) is 35.9 Å². The van der Waals surface area contributed by atoms with Crippen molar-refractivity contribution in [3.05, 3.63) is 35.7 Å². The van der Waals surface area contributed by atoms with Crippen LogP contribution in [0.3, 0.4) is 0 Å². The molecule has 4 aliphatic heterocycles. The largest absolute Gasteiger partial charge is 0.486 e. The molecule has 0 spiro atoms. The number of morpholine rings is 1. The summed E-state index contributed by atoms with van der Waals surface area (Å²) in [5.74, 6) is 2.99. The average Bonchev–Trinajstić information content (AvgIpc) is 3.23. The highest BCUT2D eigenvalue weighted by Gasteiger charge is 2.40. The van der Waals surface area contributed by atoms with E-state index in [4.69, 9.17) is 14.2 Å². The molecule has 2 aromatic rings. The molecule has 3 fully saturated rings. The summed E-state index contributed by atoms with van der Waals surface area (Å²) in [5.41, 5.74) is 2.77. The van der Waals surface area contributed by atoms with E-state index in [0.717, 1.165) is 74.3 Å². The fourth-order valence-corrected chi connectivity index (χ4v) is 5.55. The lowest BCUT2D eigenvalue weighted by Crippen LogP contribution is -2.61. The summed E-state index contributed by atoms with van der Waals surface area (Å²) in [4.78, 5) is 28.0. The third-order valence-electron chi connectivity index (χ3n) is 7.58. The maximum atomic E-state index is 12.3. The van der Waals surface area contributed by atoms with E-state index >= 15 is 0 Å². The summed E-state index contributed by atoms with van der Waals surface area (Å²) in [5, 5.41) is 3.53. The Morgan fingerprint density at radius 2 is 1.92 bits per heavy atom. The fourth-order valence-electron chi connectivity index (χ4n) is 5.55. The van der Waals surface area contributed by atoms with Crippen LogP contribution in [-0.2, 0) is 16.1 Å². The van der Waals surface area contributed by atoms with Crippen LogP contribution in [0.4, 0.5) is 22.1 Å². The van der Waals surface area contributed by atoms with E-state index in [1.165, 1.54) is 5.56 Å². The van der Waals surface area contributed by atoms with Gasteiger partial charge in [0.15, 0.2) is 0 Å². The number of hydrogen-bond acceptors (Lipinski definition) is 9. The molecule has 3 saturated heterocycles. The molecule has 5 heterocycles. The Bertz CT molecular complexity index is 1160. The number of anilines is 3. The van der Waals surface area contributed by atoms with Gasteiger partial charge in [0, 0.05) is 38.8 Å². The number of likely N-dealkylation sites (tertiary alicyclic amines) is 2. The lowest BCUT2D eigenvalue weighted by molar-refractivity contribution is -0.0114. The zero-order valence-corrected chi connectivity index (χ0v) is 21.9. The van der Waals surface area contributed by atoms with E-state index in [-0.39, 0.29) is 6.09 Å². The smallest absolute Gasteiger partial charge is 0.410 e. The van der Waals surface area contributed by atoms with E-state index in [1.807, 2.05) is 20.8 Å². The monoisotopic (exact) mass is 508 g/mol. The number of nitrogens with one attached hydrogen (secondary N) is 1. The van der Waals surface area contributed by atoms with Crippen LogP contribution in [0.1, 0.15) is 44.2 Å². The van der Waals surface area contributed by atoms with E-state index in [9.17, 15) is 4.79 Å². The van der Waals surface area contributed by atoms with E-state index in [1.54, 1.807) is 11.2 Å². The van der Waals surface area contributed by atoms with Gasteiger partial charge in [0.25, 0.3) is 0 Å². The zero-order valence-electron chi connectivity index (χ0n) is 21.9. The molecule has 0 aliphatic carbocycles. The van der Waals surface area contributed by atoms with Gasteiger partial charge in [-0.3, -0.25) is 4.90 Å². The molecule has 4 aliphatic rings. The van der Waals surface area contributed by atoms with Gasteiger partial charge in [-0.15, -0.1) is 0 Å². The molecule has 198 valence electrons. The van der Waals surface area contributed by atoms with Crippen molar-refractivity contribution in [1.29, 1.82) is 0 Å². The molecule has 10 nitrogen and oxygen atoms in total. The van der Waals surface area contributed by atoms with Gasteiger partial charge in [0.05, 0.1) is 24.5 Å². The Labute approximate surface area is 217 Å². The maximum absolute atomic E-state index is 12.3. The van der Waals surface area contributed by atoms with Gasteiger partial charge in [-0.05, 0) is 57.4 Å². The molecule has 1 amide bonds. The second-order valence-corrected chi connectivity index (χ2v) is 11.3. The number of amides is 1. The highest BCUT2D eigenvalue weighted by molar-refractivity contribution is 5.72. The van der Waals surface area contributed by atoms with Crippen LogP contribution in [0.15, 0.2) is 24.5 Å². The van der Waals surface area contributed by atoms with Crippen LogP contribution >= 0.6 is 0 Å². The Morgan fingerprint density at radius 1 is 1.11 bits per heavy atom. The van der Waals surface area contributed by atoms with Crippen LogP contribution in [0.5, 0.6) is 5.75 Å². The Morgan fingerprint density at radius 3 is 2.70 bits per heavy atom. The summed E-state index contributed by atoms with van der Waals surface area (Å²) < 4.78 is 17.2. The van der Waals surface area contributed by atoms with Crippen molar-refractivity contribution < 1.29 is 19.0 Å². The lowest BCUT2D eigenvalue weighted by atomic mass is 9.97. The van der Waals surface area contributed by atoms with Crippen LogP contribution in [0.25, 0.3) is 0 Å². The van der Waals surface area contributed by atoms with Crippen LogP contribution in [-0.4, -0.2) is 90.0 Å². The lowest BCUT2D eigenvalue weighted by Gasteiger charge is -2.44. The minimum absolute atomic E-state index is 0.211. The van der Waals surface area contributed by atoms with Gasteiger partial charge >= 0.3 is 6.09 Å². The number of hydrogen-bond donors (Lipinski definition) is 1. The molecule has 1 aromatic heterocycles. The molecule has 37 heavy (non-hydrogen) atoms. The summed E-state index contributed by atoms with van der Waals surface area (Å²) in [6.45, 7) is 12.7. The summed E-state index contributed by atoms with van der Waals surface area (Å²) in [6, 6.07) is 6.87. The fraction of sp³-hybridized carbons (Fsp3) is 0.593. The predicted molar refractivity (Wildman–Crippen MR) is 140 cm³/mol. The van der Waals surface area contributed by atoms with Crippen molar-refractivity contribution in [2.75, 3.05) is 62.7 Å². The molecular weight excluding hydrogens is 472 g/mol. The molecule has 1 aromatic carbocycles. The predicted octanol–water partition coefficient (Wildman–Crippen LogP) is 3.36. The number of carbonyl (C=O) groups is 1. The van der Waals surface area contributed by atoms with E-state index < -0.39 is 5.60 Å². The van der Waals surface area contributed by atoms with Crippen molar-refractivity contribution >= 4 is 23.4 Å². The molecular formula is C27H36N6O4. The topological polar surface area (TPSA) is 92.3 Å². The van der Waals surface area contributed by atoms with Crippen molar-refractivity contribution in [2.45, 2.75) is 51.4 Å². The quantitative estimate of drug-likeness (QED) is 0.670. The average molecular weight is 509 g/mol. The van der Waals surface area contributed by atoms with Crippen molar-refractivity contribution in [1.82, 2.24) is 19.8 Å². The first-order valence-corrected chi connectivity index (χ1v) is 13.3. The molecule has 1 atom stereocenters. The minimum Gasteiger partial charge on any atom is -0.486 e. The molecule has 0 saturated carbocycles. The van der Waals surface area contributed by atoms with E-state index in [2.05, 4.69) is 43.3 Å². The molecule has 0 radical (unpaired) electrons. The van der Waals surface area contributed by atoms with Crippen molar-refractivity contribution in [2.24, 2.45) is 0 Å². The number of rotatable bonds is 3. The third kappa shape index (κ3) is 5.04. The molecule has 10 heteroatoms. The SMILES string of the molecule is CC(C)(C)OC(=O)N1CC(N2CC[C@@H](c3ccc4c(c3)Nc3ncnc(N5CCOCC5)c3CO4)C2)C1. The molecule has 0 bridgehead atoms. The Hall–Kier alpha value is -3.11. The van der Waals surface area contributed by atoms with Gasteiger partial charge in [-0.1, -0.05) is 6.07 Å². The van der Waals surface area contributed by atoms with Gasteiger partial charge in [-0.25, -0.2) is 14.8 Å². The van der Waals surface area contributed by atoms with E-state index in [0.29, 0.717) is 31.8 Å². The first-order chi connectivity index (χ1) is 17.8. The number of nitrogens with zero attached hydrogens (tertiary/aromatic N) is 5. The Balaban J connectivity index is 1.11. The molecule has 0 unspecified atom stereocenters. The highest BCUT2D eigenvalue weighted by atomic mass is 16.6. The normalized spacial score (nSPS) is 22.3. The zero-order chi connectivity index (χ0) is 25.6. The second kappa shape index (κ2) is 9.64. The molecule has 6 rings (SSSR count). The van der Waals surface area contributed by atoms with Crippen LogP contribution in [0, 0.1) is 0 Å². The number of fused-ring (bicyclic) bond motifs is 2. The Kier molecular flexibility index (Phi) is 6.32. The molecule has 1 N–H and O–H groups in total. The number of ether oxygens (including phenoxy) is 3. The standard InChI is InChI=1S/C27H36N6O4/c1-27(2,3)37-26(34)33-14-20(15-33)32-7-6-19(13-32)18-4-5-23-22(12-18)30-24-21(16-36-23)25(29-17-28-24)31-8-10-35-11-9-31/h4-5,12,17,19-20H,6-11,13-16H2,1-3H3,(H,28,29,30)/t19-/m1/s1. The number of carbonyl (C=O) groups excluding carboxylic acids is 1. The van der Waals surface area contributed by atoms with Gasteiger partial charge < -0.3 is 29.3 Å². The first-order valence-electron chi connectivity index (χ1n) is 13.3. The van der Waals surface area contributed by atoms with Gasteiger partial charge in [0.2, 0.25) is 0 Å². The van der Waals surface area contributed by atoms with Crippen LogP contribution < -0.4 is 15.0 Å².